The second-order valence-electron chi connectivity index (χ2n) is 13.6. The molecule has 4 fully saturated rings. The van der Waals surface area contributed by atoms with E-state index >= 15 is 0 Å². The van der Waals surface area contributed by atoms with Crippen LogP contribution in [0.4, 0.5) is 0 Å². The average molecular weight is 449 g/mol. The van der Waals surface area contributed by atoms with Crippen molar-refractivity contribution in [2.75, 3.05) is 0 Å². The molecule has 4 rings (SSSR count). The smallest absolute Gasteiger partial charge is 0.0985 e. The molecule has 0 saturated heterocycles. The Morgan fingerprint density at radius 1 is 0.906 bits per heavy atom. The number of fused-ring (bicyclic) bond motifs is 5. The van der Waals surface area contributed by atoms with Gasteiger partial charge in [-0.2, -0.15) is 0 Å². The van der Waals surface area contributed by atoms with Crippen LogP contribution < -0.4 is 0 Å². The van der Waals surface area contributed by atoms with Crippen LogP contribution >= 0.6 is 0 Å². The summed E-state index contributed by atoms with van der Waals surface area (Å²) in [4.78, 5) is 0. The van der Waals surface area contributed by atoms with Gasteiger partial charge in [-0.05, 0) is 98.2 Å². The summed E-state index contributed by atoms with van der Waals surface area (Å²) < 4.78 is 0. The van der Waals surface area contributed by atoms with Crippen LogP contribution in [0, 0.1) is 52.3 Å². The Hall–Kier alpha value is -0.120. The lowest BCUT2D eigenvalue weighted by molar-refractivity contribution is -0.264. The van der Waals surface area contributed by atoms with Crippen LogP contribution in [-0.2, 0) is 0 Å². The van der Waals surface area contributed by atoms with E-state index in [2.05, 4.69) is 41.5 Å². The first-order chi connectivity index (χ1) is 15.0. The van der Waals surface area contributed by atoms with Crippen molar-refractivity contribution in [3.63, 3.8) is 0 Å². The third-order valence-corrected chi connectivity index (χ3v) is 12.1. The van der Waals surface area contributed by atoms with Crippen LogP contribution in [-0.4, -0.2) is 33.1 Å². The van der Waals surface area contributed by atoms with Crippen molar-refractivity contribution < 1.29 is 15.3 Å². The van der Waals surface area contributed by atoms with E-state index in [1.54, 1.807) is 0 Å². The maximum atomic E-state index is 11.7. The molecule has 0 aromatic carbocycles. The molecule has 3 N–H and O–H groups in total. The van der Waals surface area contributed by atoms with Crippen molar-refractivity contribution in [1.29, 1.82) is 0 Å². The van der Waals surface area contributed by atoms with Gasteiger partial charge in [0.25, 0.3) is 0 Å². The highest BCUT2D eigenvalue weighted by molar-refractivity contribution is 5.17. The van der Waals surface area contributed by atoms with Gasteiger partial charge >= 0.3 is 0 Å². The number of hydrogen-bond acceptors (Lipinski definition) is 3. The zero-order chi connectivity index (χ0) is 23.5. The third-order valence-electron chi connectivity index (χ3n) is 12.1. The standard InChI is InChI=1S/C29H52O3/c1-7-20(18(2)3)9-8-19(4)23-10-11-24-22-16-26(31)29(32)17-21(30)12-15-28(29,6)25(22)13-14-27(23,24)5/h18-26,30-32H,7-17H2,1-6H3/t19-,20-,21+,22+,23-,24+,25+,26-,27-,28-,29+/m1/s1. The van der Waals surface area contributed by atoms with Crippen LogP contribution in [0.5, 0.6) is 0 Å². The molecule has 3 nitrogen and oxygen atoms in total. The van der Waals surface area contributed by atoms with Gasteiger partial charge in [0.1, 0.15) is 0 Å². The monoisotopic (exact) mass is 448 g/mol. The predicted octanol–water partition coefficient (Wildman–Crippen LogP) is 6.19. The maximum absolute atomic E-state index is 11.7. The second-order valence-corrected chi connectivity index (χ2v) is 13.6. The Kier molecular flexibility index (Phi) is 6.89. The number of aliphatic hydroxyl groups excluding tert-OH is 2. The molecule has 0 aromatic heterocycles. The molecule has 186 valence electrons. The highest BCUT2D eigenvalue weighted by Crippen LogP contribution is 2.69. The molecule has 0 aliphatic heterocycles. The summed E-state index contributed by atoms with van der Waals surface area (Å²) >= 11 is 0. The van der Waals surface area contributed by atoms with E-state index in [1.165, 1.54) is 44.9 Å². The van der Waals surface area contributed by atoms with Gasteiger partial charge in [-0.25, -0.2) is 0 Å². The molecule has 4 aliphatic carbocycles. The first kappa shape index (κ1) is 25.0. The van der Waals surface area contributed by atoms with E-state index in [0.29, 0.717) is 29.6 Å². The van der Waals surface area contributed by atoms with Crippen molar-refractivity contribution >= 4 is 0 Å². The Balaban J connectivity index is 1.51. The molecule has 4 saturated carbocycles. The van der Waals surface area contributed by atoms with Crippen molar-refractivity contribution in [3.8, 4) is 0 Å². The zero-order valence-electron chi connectivity index (χ0n) is 21.8. The van der Waals surface area contributed by atoms with Crippen molar-refractivity contribution in [2.45, 2.75) is 130 Å². The van der Waals surface area contributed by atoms with E-state index in [0.717, 1.165) is 42.9 Å². The normalized spacial score (nSPS) is 50.4. The molecule has 3 heteroatoms. The van der Waals surface area contributed by atoms with Crippen molar-refractivity contribution in [2.24, 2.45) is 52.3 Å². The molecular weight excluding hydrogens is 396 g/mol. The Labute approximate surface area is 197 Å². The van der Waals surface area contributed by atoms with Gasteiger partial charge in [-0.15, -0.1) is 0 Å². The van der Waals surface area contributed by atoms with E-state index in [1.807, 2.05) is 0 Å². The largest absolute Gasteiger partial charge is 0.393 e. The summed E-state index contributed by atoms with van der Waals surface area (Å²) in [6.45, 7) is 14.5. The fourth-order valence-corrected chi connectivity index (χ4v) is 9.92. The first-order valence-electron chi connectivity index (χ1n) is 14.1. The third kappa shape index (κ3) is 3.72. The second kappa shape index (κ2) is 8.83. The number of rotatable bonds is 6. The molecule has 4 aliphatic rings. The van der Waals surface area contributed by atoms with E-state index in [9.17, 15) is 15.3 Å². The maximum Gasteiger partial charge on any atom is 0.0985 e. The Morgan fingerprint density at radius 3 is 2.28 bits per heavy atom. The van der Waals surface area contributed by atoms with Gasteiger partial charge in [0.05, 0.1) is 17.8 Å². The highest BCUT2D eigenvalue weighted by Gasteiger charge is 2.67. The van der Waals surface area contributed by atoms with E-state index in [-0.39, 0.29) is 5.41 Å². The minimum absolute atomic E-state index is 0.259. The topological polar surface area (TPSA) is 60.7 Å². The lowest BCUT2D eigenvalue weighted by atomic mass is 9.42. The summed E-state index contributed by atoms with van der Waals surface area (Å²) in [5.74, 6) is 4.92. The fraction of sp³-hybridized carbons (Fsp3) is 1.00. The molecule has 0 bridgehead atoms. The summed E-state index contributed by atoms with van der Waals surface area (Å²) in [5, 5.41) is 33.2. The molecule has 0 aromatic rings. The highest BCUT2D eigenvalue weighted by atomic mass is 16.3. The van der Waals surface area contributed by atoms with Crippen molar-refractivity contribution in [1.82, 2.24) is 0 Å². The molecular formula is C29H52O3. The van der Waals surface area contributed by atoms with Crippen LogP contribution in [0.3, 0.4) is 0 Å². The molecule has 0 amide bonds. The summed E-state index contributed by atoms with van der Waals surface area (Å²) in [6.07, 6.45) is 10.7. The lowest BCUT2D eigenvalue weighted by Crippen LogP contribution is -2.68. The zero-order valence-corrected chi connectivity index (χ0v) is 21.8. The molecule has 0 unspecified atom stereocenters. The van der Waals surface area contributed by atoms with Gasteiger partial charge in [0, 0.05) is 11.8 Å². The van der Waals surface area contributed by atoms with Crippen molar-refractivity contribution in [3.05, 3.63) is 0 Å². The fourth-order valence-electron chi connectivity index (χ4n) is 9.92. The predicted molar refractivity (Wildman–Crippen MR) is 131 cm³/mol. The molecule has 0 heterocycles. The molecule has 0 spiro atoms. The summed E-state index contributed by atoms with van der Waals surface area (Å²) in [7, 11) is 0. The minimum atomic E-state index is -1.11. The summed E-state index contributed by atoms with van der Waals surface area (Å²) in [6, 6.07) is 0. The van der Waals surface area contributed by atoms with E-state index in [4.69, 9.17) is 0 Å². The Bertz CT molecular complexity index is 663. The van der Waals surface area contributed by atoms with Gasteiger partial charge in [-0.3, -0.25) is 0 Å². The average Bonchev–Trinajstić information content (AvgIpc) is 3.08. The van der Waals surface area contributed by atoms with Crippen LogP contribution in [0.1, 0.15) is 112 Å². The van der Waals surface area contributed by atoms with Gasteiger partial charge in [0.2, 0.25) is 0 Å². The van der Waals surface area contributed by atoms with Crippen LogP contribution in [0.2, 0.25) is 0 Å². The lowest BCUT2D eigenvalue weighted by Gasteiger charge is -2.65. The minimum Gasteiger partial charge on any atom is -0.393 e. The van der Waals surface area contributed by atoms with Gasteiger partial charge < -0.3 is 15.3 Å². The molecule has 32 heavy (non-hydrogen) atoms. The Morgan fingerprint density at radius 2 is 1.62 bits per heavy atom. The van der Waals surface area contributed by atoms with E-state index < -0.39 is 17.8 Å². The number of hydrogen-bond donors (Lipinski definition) is 3. The van der Waals surface area contributed by atoms with Gasteiger partial charge in [0.15, 0.2) is 0 Å². The number of aliphatic hydroxyl groups is 3. The SMILES string of the molecule is CC[C@H](CC[C@@H](C)[C@H]1CC[C@H]2[C@@H]3C[C@@H](O)[C@@]4(O)C[C@@H](O)CC[C@]4(C)[C@H]3CC[C@]12C)C(C)C. The molecule has 0 radical (unpaired) electrons. The quantitative estimate of drug-likeness (QED) is 0.454. The van der Waals surface area contributed by atoms with Gasteiger partial charge in [-0.1, -0.05) is 54.4 Å². The summed E-state index contributed by atoms with van der Waals surface area (Å²) in [5.41, 5.74) is -0.984. The molecule has 11 atom stereocenters. The first-order valence-corrected chi connectivity index (χ1v) is 14.1. The van der Waals surface area contributed by atoms with Crippen LogP contribution in [0.25, 0.3) is 0 Å². The van der Waals surface area contributed by atoms with Crippen LogP contribution in [0.15, 0.2) is 0 Å².